The highest BCUT2D eigenvalue weighted by Crippen LogP contribution is 2.27. The van der Waals surface area contributed by atoms with Gasteiger partial charge in [-0.2, -0.15) is 0 Å². The van der Waals surface area contributed by atoms with Crippen molar-refractivity contribution in [3.63, 3.8) is 0 Å². The molecule has 0 spiro atoms. The Bertz CT molecular complexity index is 433. The minimum Gasteiger partial charge on any atom is -0.325 e. The van der Waals surface area contributed by atoms with Crippen LogP contribution in [0.2, 0.25) is 0 Å². The molecule has 2 N–H and O–H groups in total. The van der Waals surface area contributed by atoms with E-state index >= 15 is 0 Å². The van der Waals surface area contributed by atoms with Crippen LogP contribution in [0.15, 0.2) is 24.3 Å². The Balaban J connectivity index is 1.66. The largest absolute Gasteiger partial charge is 0.325 e. The first-order valence-electron chi connectivity index (χ1n) is 7.39. The lowest BCUT2D eigenvalue weighted by molar-refractivity contribution is -0.115. The molecule has 1 saturated carbocycles. The molecule has 110 valence electrons. The van der Waals surface area contributed by atoms with E-state index in [-0.39, 0.29) is 11.7 Å². The number of hydrogen-bond donors (Lipinski definition) is 2. The van der Waals surface area contributed by atoms with Crippen LogP contribution in [0.4, 0.5) is 10.1 Å². The molecule has 0 saturated heterocycles. The first-order valence-corrected chi connectivity index (χ1v) is 7.39. The molecule has 1 aliphatic rings. The number of halogens is 1. The Morgan fingerprint density at radius 1 is 1.30 bits per heavy atom. The second kappa shape index (κ2) is 7.39. The average Bonchev–Trinajstić information content (AvgIpc) is 2.41. The second-order valence-electron chi connectivity index (χ2n) is 5.82. The lowest BCUT2D eigenvalue weighted by Crippen LogP contribution is -2.33. The van der Waals surface area contributed by atoms with Crippen LogP contribution in [-0.2, 0) is 4.79 Å². The van der Waals surface area contributed by atoms with Gasteiger partial charge in [0.25, 0.3) is 0 Å². The molecule has 1 aliphatic carbocycles. The van der Waals surface area contributed by atoms with Crippen LogP contribution >= 0.6 is 0 Å². The fourth-order valence-corrected chi connectivity index (χ4v) is 2.87. The number of amides is 1. The number of carbonyl (C=O) groups is 1. The highest BCUT2D eigenvalue weighted by molar-refractivity contribution is 5.92. The van der Waals surface area contributed by atoms with Gasteiger partial charge in [-0.3, -0.25) is 4.79 Å². The molecule has 20 heavy (non-hydrogen) atoms. The summed E-state index contributed by atoms with van der Waals surface area (Å²) in [6.07, 6.45) is 5.15. The van der Waals surface area contributed by atoms with Crippen LogP contribution in [-0.4, -0.2) is 19.0 Å². The molecule has 2 atom stereocenters. The molecule has 1 aromatic carbocycles. The summed E-state index contributed by atoms with van der Waals surface area (Å²) >= 11 is 0. The molecule has 1 aromatic rings. The lowest BCUT2D eigenvalue weighted by Gasteiger charge is -2.26. The monoisotopic (exact) mass is 278 g/mol. The van der Waals surface area contributed by atoms with Crippen molar-refractivity contribution in [1.29, 1.82) is 0 Å². The zero-order valence-corrected chi connectivity index (χ0v) is 12.0. The number of rotatable bonds is 5. The first-order chi connectivity index (χ1) is 9.63. The maximum Gasteiger partial charge on any atom is 0.238 e. The van der Waals surface area contributed by atoms with Gasteiger partial charge in [-0.05, 0) is 55.5 Å². The number of nitrogens with one attached hydrogen (secondary N) is 2. The predicted molar refractivity (Wildman–Crippen MR) is 79.0 cm³/mol. The number of benzene rings is 1. The van der Waals surface area contributed by atoms with Gasteiger partial charge in [0.05, 0.1) is 6.54 Å². The van der Waals surface area contributed by atoms with Crippen molar-refractivity contribution < 1.29 is 9.18 Å². The van der Waals surface area contributed by atoms with Gasteiger partial charge in [0.15, 0.2) is 0 Å². The summed E-state index contributed by atoms with van der Waals surface area (Å²) in [6.45, 7) is 3.51. The summed E-state index contributed by atoms with van der Waals surface area (Å²) in [5.41, 5.74) is 0.629. The molecular weight excluding hydrogens is 255 g/mol. The van der Waals surface area contributed by atoms with E-state index in [1.54, 1.807) is 12.1 Å². The SMILES string of the molecule is CC1CCCC(CNCC(=O)Nc2ccc(F)cc2)C1. The number of carbonyl (C=O) groups excluding carboxylic acids is 1. The topological polar surface area (TPSA) is 41.1 Å². The average molecular weight is 278 g/mol. The van der Waals surface area contributed by atoms with Crippen molar-refractivity contribution >= 4 is 11.6 Å². The van der Waals surface area contributed by atoms with Crippen LogP contribution in [0, 0.1) is 17.7 Å². The zero-order valence-electron chi connectivity index (χ0n) is 12.0. The van der Waals surface area contributed by atoms with E-state index in [0.717, 1.165) is 12.5 Å². The molecule has 0 bridgehead atoms. The summed E-state index contributed by atoms with van der Waals surface area (Å²) in [5, 5.41) is 5.97. The maximum absolute atomic E-state index is 12.7. The third kappa shape index (κ3) is 4.93. The summed E-state index contributed by atoms with van der Waals surface area (Å²) in [7, 11) is 0. The van der Waals surface area contributed by atoms with Gasteiger partial charge in [0, 0.05) is 5.69 Å². The van der Waals surface area contributed by atoms with Gasteiger partial charge < -0.3 is 10.6 Å². The van der Waals surface area contributed by atoms with Gasteiger partial charge in [-0.25, -0.2) is 4.39 Å². The molecule has 0 aliphatic heterocycles. The van der Waals surface area contributed by atoms with Crippen molar-refractivity contribution in [2.45, 2.75) is 32.6 Å². The molecule has 1 fully saturated rings. The highest BCUT2D eigenvalue weighted by Gasteiger charge is 2.18. The normalized spacial score (nSPS) is 22.5. The van der Waals surface area contributed by atoms with Crippen LogP contribution in [0.1, 0.15) is 32.6 Å². The minimum absolute atomic E-state index is 0.0829. The van der Waals surface area contributed by atoms with Gasteiger partial charge in [0.2, 0.25) is 5.91 Å². The third-order valence-electron chi connectivity index (χ3n) is 3.89. The van der Waals surface area contributed by atoms with Crippen LogP contribution in [0.5, 0.6) is 0 Å². The van der Waals surface area contributed by atoms with Crippen LogP contribution in [0.3, 0.4) is 0 Å². The van der Waals surface area contributed by atoms with E-state index in [0.29, 0.717) is 18.2 Å². The molecule has 1 amide bonds. The number of anilines is 1. The summed E-state index contributed by atoms with van der Waals surface area (Å²) in [6, 6.07) is 5.81. The predicted octanol–water partition coefficient (Wildman–Crippen LogP) is 3.18. The van der Waals surface area contributed by atoms with E-state index in [2.05, 4.69) is 17.6 Å². The van der Waals surface area contributed by atoms with E-state index in [4.69, 9.17) is 0 Å². The quantitative estimate of drug-likeness (QED) is 0.868. The number of hydrogen-bond acceptors (Lipinski definition) is 2. The molecule has 2 unspecified atom stereocenters. The summed E-state index contributed by atoms with van der Waals surface area (Å²) in [5.74, 6) is 1.12. The van der Waals surface area contributed by atoms with Crippen molar-refractivity contribution in [1.82, 2.24) is 5.32 Å². The van der Waals surface area contributed by atoms with Gasteiger partial charge in [-0.15, -0.1) is 0 Å². The molecule has 2 rings (SSSR count). The van der Waals surface area contributed by atoms with Crippen molar-refractivity contribution in [2.75, 3.05) is 18.4 Å². The summed E-state index contributed by atoms with van der Waals surface area (Å²) in [4.78, 5) is 11.7. The fraction of sp³-hybridized carbons (Fsp3) is 0.562. The fourth-order valence-electron chi connectivity index (χ4n) is 2.87. The Kier molecular flexibility index (Phi) is 5.53. The van der Waals surface area contributed by atoms with Gasteiger partial charge in [-0.1, -0.05) is 19.8 Å². The first kappa shape index (κ1) is 15.0. The van der Waals surface area contributed by atoms with E-state index < -0.39 is 0 Å². The van der Waals surface area contributed by atoms with Gasteiger partial charge >= 0.3 is 0 Å². The molecule has 3 nitrogen and oxygen atoms in total. The Hall–Kier alpha value is -1.42. The molecule has 0 heterocycles. The van der Waals surface area contributed by atoms with Crippen LogP contribution < -0.4 is 10.6 Å². The molecule has 0 aromatic heterocycles. The van der Waals surface area contributed by atoms with E-state index in [9.17, 15) is 9.18 Å². The zero-order chi connectivity index (χ0) is 14.4. The smallest absolute Gasteiger partial charge is 0.238 e. The third-order valence-corrected chi connectivity index (χ3v) is 3.89. The van der Waals surface area contributed by atoms with Crippen molar-refractivity contribution in [2.24, 2.45) is 11.8 Å². The van der Waals surface area contributed by atoms with E-state index in [1.165, 1.54) is 37.8 Å². The maximum atomic E-state index is 12.7. The Morgan fingerprint density at radius 3 is 2.75 bits per heavy atom. The summed E-state index contributed by atoms with van der Waals surface area (Å²) < 4.78 is 12.7. The Morgan fingerprint density at radius 2 is 2.05 bits per heavy atom. The van der Waals surface area contributed by atoms with Crippen LogP contribution in [0.25, 0.3) is 0 Å². The lowest BCUT2D eigenvalue weighted by atomic mass is 9.82. The standard InChI is InChI=1S/C16H23FN2O/c1-12-3-2-4-13(9-12)10-18-11-16(20)19-15-7-5-14(17)6-8-15/h5-8,12-13,18H,2-4,9-11H2,1H3,(H,19,20). The molecule has 0 radical (unpaired) electrons. The van der Waals surface area contributed by atoms with Gasteiger partial charge in [0.1, 0.15) is 5.82 Å². The molecular formula is C16H23FN2O. The van der Waals surface area contributed by atoms with Crippen molar-refractivity contribution in [3.8, 4) is 0 Å². The van der Waals surface area contributed by atoms with E-state index in [1.807, 2.05) is 0 Å². The second-order valence-corrected chi connectivity index (χ2v) is 5.82. The Labute approximate surface area is 120 Å². The highest BCUT2D eigenvalue weighted by atomic mass is 19.1. The van der Waals surface area contributed by atoms with Crippen molar-refractivity contribution in [3.05, 3.63) is 30.1 Å². The minimum atomic E-state index is -0.299. The molecule has 4 heteroatoms.